The van der Waals surface area contributed by atoms with Gasteiger partial charge in [-0.3, -0.25) is 9.52 Å². The van der Waals surface area contributed by atoms with E-state index in [1.165, 1.54) is 6.07 Å². The molecule has 7 nitrogen and oxygen atoms in total. The van der Waals surface area contributed by atoms with Crippen molar-refractivity contribution in [3.8, 4) is 0 Å². The molecule has 0 atom stereocenters. The van der Waals surface area contributed by atoms with Crippen LogP contribution in [0.4, 0.5) is 5.69 Å². The van der Waals surface area contributed by atoms with Gasteiger partial charge < -0.3 is 9.32 Å². The van der Waals surface area contributed by atoms with Crippen molar-refractivity contribution < 1.29 is 17.6 Å². The highest BCUT2D eigenvalue weighted by atomic mass is 32.2. The summed E-state index contributed by atoms with van der Waals surface area (Å²) >= 11 is 1.15. The Bertz CT molecular complexity index is 1370. The van der Waals surface area contributed by atoms with Crippen molar-refractivity contribution in [2.75, 3.05) is 17.8 Å². The minimum Gasteiger partial charge on any atom is -0.440 e. The average Bonchev–Trinajstić information content (AvgIpc) is 3.48. The summed E-state index contributed by atoms with van der Waals surface area (Å²) in [6.45, 7) is 2.97. The van der Waals surface area contributed by atoms with Gasteiger partial charge in [0, 0.05) is 24.7 Å². The van der Waals surface area contributed by atoms with Crippen LogP contribution >= 0.6 is 11.3 Å². The van der Waals surface area contributed by atoms with Crippen LogP contribution in [0.3, 0.4) is 0 Å². The molecular weight excluding hydrogens is 458 g/mol. The van der Waals surface area contributed by atoms with E-state index in [1.54, 1.807) is 22.4 Å². The molecule has 1 saturated heterocycles. The number of carbonyl (C=O) groups excluding carboxylic acids is 1. The Morgan fingerprint density at radius 3 is 2.55 bits per heavy atom. The van der Waals surface area contributed by atoms with Crippen LogP contribution in [-0.2, 0) is 10.0 Å². The van der Waals surface area contributed by atoms with E-state index < -0.39 is 10.0 Å². The number of piperidine rings is 1. The zero-order valence-corrected chi connectivity index (χ0v) is 19.7. The molecule has 1 aliphatic heterocycles. The van der Waals surface area contributed by atoms with Crippen LogP contribution in [0, 0.1) is 6.92 Å². The van der Waals surface area contributed by atoms with Gasteiger partial charge in [0.05, 0.1) is 0 Å². The van der Waals surface area contributed by atoms with E-state index in [1.807, 2.05) is 43.3 Å². The van der Waals surface area contributed by atoms with Crippen LogP contribution in [0.15, 0.2) is 69.3 Å². The molecule has 170 valence electrons. The molecule has 3 heterocycles. The molecule has 0 spiro atoms. The highest BCUT2D eigenvalue weighted by molar-refractivity contribution is 7.93. The van der Waals surface area contributed by atoms with Crippen molar-refractivity contribution in [2.45, 2.75) is 30.6 Å². The minimum atomic E-state index is -3.88. The Balaban J connectivity index is 1.29. The van der Waals surface area contributed by atoms with Gasteiger partial charge in [0.15, 0.2) is 11.5 Å². The molecule has 1 N–H and O–H groups in total. The number of oxazole rings is 1. The average molecular weight is 482 g/mol. The van der Waals surface area contributed by atoms with E-state index in [9.17, 15) is 13.2 Å². The first-order valence-electron chi connectivity index (χ1n) is 10.7. The van der Waals surface area contributed by atoms with Gasteiger partial charge in [0.1, 0.15) is 15.3 Å². The summed E-state index contributed by atoms with van der Waals surface area (Å²) in [5.41, 5.74) is 3.09. The van der Waals surface area contributed by atoms with Crippen molar-refractivity contribution in [3.05, 3.63) is 76.3 Å². The normalized spacial score (nSPS) is 15.1. The Morgan fingerprint density at radius 1 is 1.09 bits per heavy atom. The fourth-order valence-electron chi connectivity index (χ4n) is 4.03. The van der Waals surface area contributed by atoms with Crippen molar-refractivity contribution in [3.63, 3.8) is 0 Å². The number of fused-ring (bicyclic) bond motifs is 1. The third-order valence-electron chi connectivity index (χ3n) is 5.86. The predicted molar refractivity (Wildman–Crippen MR) is 128 cm³/mol. The highest BCUT2D eigenvalue weighted by Gasteiger charge is 2.31. The molecule has 33 heavy (non-hydrogen) atoms. The lowest BCUT2D eigenvalue weighted by Crippen LogP contribution is -2.38. The number of likely N-dealkylation sites (tertiary alicyclic amines) is 1. The maximum Gasteiger partial charge on any atom is 0.265 e. The lowest BCUT2D eigenvalue weighted by atomic mass is 9.96. The van der Waals surface area contributed by atoms with Gasteiger partial charge in [-0.05, 0) is 55.5 Å². The zero-order chi connectivity index (χ0) is 23.0. The predicted octanol–water partition coefficient (Wildman–Crippen LogP) is 5.02. The third-order valence-corrected chi connectivity index (χ3v) is 8.31. The summed E-state index contributed by atoms with van der Waals surface area (Å²) in [6.07, 6.45) is 1.43. The number of aromatic nitrogens is 1. The summed E-state index contributed by atoms with van der Waals surface area (Å²) in [6, 6.07) is 16.2. The number of nitrogens with zero attached hydrogens (tertiary/aromatic N) is 2. The molecule has 4 aromatic rings. The Kier molecular flexibility index (Phi) is 5.67. The lowest BCUT2D eigenvalue weighted by molar-refractivity contribution is 0.0708. The number of carbonyl (C=O) groups is 1. The smallest absolute Gasteiger partial charge is 0.265 e. The second-order valence-corrected chi connectivity index (χ2v) is 10.7. The van der Waals surface area contributed by atoms with E-state index in [2.05, 4.69) is 9.71 Å². The number of amides is 1. The molecule has 1 amide bonds. The van der Waals surface area contributed by atoms with Crippen LogP contribution in [0.5, 0.6) is 0 Å². The summed E-state index contributed by atoms with van der Waals surface area (Å²) in [4.78, 5) is 19.8. The summed E-state index contributed by atoms with van der Waals surface area (Å²) in [5, 5.41) is 1.64. The van der Waals surface area contributed by atoms with Gasteiger partial charge in [0.2, 0.25) is 0 Å². The first kappa shape index (κ1) is 21.7. The van der Waals surface area contributed by atoms with Gasteiger partial charge in [-0.25, -0.2) is 13.4 Å². The maximum atomic E-state index is 13.2. The standard InChI is InChI=1S/C24H23N3O4S2/c1-16-6-8-18(9-7-16)26-33(29,30)21-12-15-32-22(21)24(28)27-13-10-17(11-14-27)23-25-19-4-2-3-5-20(19)31-23/h2-9,12,15,17,26H,10-11,13-14H2,1H3. The number of anilines is 1. The second kappa shape index (κ2) is 8.64. The fraction of sp³-hybridized carbons (Fsp3) is 0.250. The second-order valence-electron chi connectivity index (χ2n) is 8.17. The monoisotopic (exact) mass is 481 g/mol. The largest absolute Gasteiger partial charge is 0.440 e. The lowest BCUT2D eigenvalue weighted by Gasteiger charge is -2.30. The number of hydrogen-bond donors (Lipinski definition) is 1. The number of rotatable bonds is 5. The van der Waals surface area contributed by atoms with Crippen LogP contribution in [0.2, 0.25) is 0 Å². The maximum absolute atomic E-state index is 13.2. The number of benzene rings is 2. The molecule has 9 heteroatoms. The van der Waals surface area contributed by atoms with E-state index in [0.717, 1.165) is 28.0 Å². The highest BCUT2D eigenvalue weighted by Crippen LogP contribution is 2.32. The summed E-state index contributed by atoms with van der Waals surface area (Å²) in [7, 11) is -3.88. The van der Waals surface area contributed by atoms with Crippen LogP contribution < -0.4 is 4.72 Å². The molecule has 0 bridgehead atoms. The molecule has 2 aromatic heterocycles. The number of thiophene rings is 1. The van der Waals surface area contributed by atoms with Gasteiger partial charge in [-0.15, -0.1) is 11.3 Å². The molecule has 1 fully saturated rings. The molecule has 0 aliphatic carbocycles. The number of aryl methyl sites for hydroxylation is 1. The van der Waals surface area contributed by atoms with Gasteiger partial charge >= 0.3 is 0 Å². The van der Waals surface area contributed by atoms with Gasteiger partial charge in [-0.2, -0.15) is 0 Å². The van der Waals surface area contributed by atoms with Crippen molar-refractivity contribution in [1.29, 1.82) is 0 Å². The molecule has 1 aliphatic rings. The fourth-order valence-corrected chi connectivity index (χ4v) is 6.48. The number of nitrogens with one attached hydrogen (secondary N) is 1. The first-order chi connectivity index (χ1) is 15.9. The number of para-hydroxylation sites is 2. The van der Waals surface area contributed by atoms with E-state index >= 15 is 0 Å². The molecule has 0 unspecified atom stereocenters. The molecular formula is C24H23N3O4S2. The van der Waals surface area contributed by atoms with E-state index in [0.29, 0.717) is 37.5 Å². The third kappa shape index (κ3) is 4.38. The van der Waals surface area contributed by atoms with E-state index in [4.69, 9.17) is 4.42 Å². The number of sulfonamides is 1. The topological polar surface area (TPSA) is 92.5 Å². The minimum absolute atomic E-state index is 0.0131. The SMILES string of the molecule is Cc1ccc(NS(=O)(=O)c2ccsc2C(=O)N2CCC(c3nc4ccccc4o3)CC2)cc1. The van der Waals surface area contributed by atoms with Gasteiger partial charge in [-0.1, -0.05) is 29.8 Å². The van der Waals surface area contributed by atoms with Crippen molar-refractivity contribution >= 4 is 44.1 Å². The van der Waals surface area contributed by atoms with Crippen molar-refractivity contribution in [1.82, 2.24) is 9.88 Å². The molecule has 2 aromatic carbocycles. The van der Waals surface area contributed by atoms with E-state index in [-0.39, 0.29) is 21.6 Å². The molecule has 0 radical (unpaired) electrons. The molecule has 5 rings (SSSR count). The summed E-state index contributed by atoms with van der Waals surface area (Å²) < 4.78 is 34.4. The van der Waals surface area contributed by atoms with Crippen LogP contribution in [-0.4, -0.2) is 37.3 Å². The quantitative estimate of drug-likeness (QED) is 0.432. The van der Waals surface area contributed by atoms with Crippen LogP contribution in [0.25, 0.3) is 11.1 Å². The Labute approximate surface area is 196 Å². The summed E-state index contributed by atoms with van der Waals surface area (Å²) in [5.74, 6) is 0.575. The Morgan fingerprint density at radius 2 is 1.82 bits per heavy atom. The van der Waals surface area contributed by atoms with Gasteiger partial charge in [0.25, 0.3) is 15.9 Å². The van der Waals surface area contributed by atoms with Crippen molar-refractivity contribution in [2.24, 2.45) is 0 Å². The number of hydrogen-bond acceptors (Lipinski definition) is 6. The zero-order valence-electron chi connectivity index (χ0n) is 18.0. The molecule has 0 saturated carbocycles. The Hall–Kier alpha value is -3.17. The van der Waals surface area contributed by atoms with Crippen LogP contribution in [0.1, 0.15) is 39.9 Å². The first-order valence-corrected chi connectivity index (χ1v) is 13.1.